The lowest BCUT2D eigenvalue weighted by Crippen LogP contribution is -2.23. The van der Waals surface area contributed by atoms with Gasteiger partial charge >= 0.3 is 0 Å². The van der Waals surface area contributed by atoms with Gasteiger partial charge in [0.15, 0.2) is 5.16 Å². The summed E-state index contributed by atoms with van der Waals surface area (Å²) in [5, 5.41) is 1.15. The zero-order valence-corrected chi connectivity index (χ0v) is 13.8. The van der Waals surface area contributed by atoms with Crippen molar-refractivity contribution >= 4 is 23.5 Å². The number of rotatable bonds is 3. The van der Waals surface area contributed by atoms with E-state index in [0.717, 1.165) is 33.6 Å². The number of benzene rings is 1. The second-order valence-electron chi connectivity index (χ2n) is 4.85. The van der Waals surface area contributed by atoms with Crippen molar-refractivity contribution in [2.24, 2.45) is 0 Å². The van der Waals surface area contributed by atoms with Crippen LogP contribution < -0.4 is 10.3 Å². The van der Waals surface area contributed by atoms with Gasteiger partial charge in [-0.05, 0) is 30.5 Å². The molecule has 0 bridgehead atoms. The fraction of sp³-hybridized carbons (Fsp3) is 0.333. The van der Waals surface area contributed by atoms with Crippen molar-refractivity contribution in [3.63, 3.8) is 0 Å². The average Bonchev–Trinajstić information content (AvgIpc) is 2.88. The molecule has 1 atom stereocenters. The number of aromatic nitrogens is 2. The third kappa shape index (κ3) is 2.58. The summed E-state index contributed by atoms with van der Waals surface area (Å²) in [5.41, 5.74) is 1.79. The summed E-state index contributed by atoms with van der Waals surface area (Å²) in [6, 6.07) is 7.48. The van der Waals surface area contributed by atoms with E-state index >= 15 is 0 Å². The minimum atomic E-state index is 0.0314. The van der Waals surface area contributed by atoms with Gasteiger partial charge < -0.3 is 4.74 Å². The maximum atomic E-state index is 12.8. The van der Waals surface area contributed by atoms with E-state index in [1.807, 2.05) is 30.5 Å². The molecule has 2 heterocycles. The normalized spacial score (nSPS) is 16.8. The van der Waals surface area contributed by atoms with Gasteiger partial charge in [-0.15, -0.1) is 11.8 Å². The van der Waals surface area contributed by atoms with Gasteiger partial charge in [0.2, 0.25) is 0 Å². The Labute approximate surface area is 131 Å². The fourth-order valence-electron chi connectivity index (χ4n) is 2.40. The Morgan fingerprint density at radius 1 is 1.38 bits per heavy atom. The topological polar surface area (TPSA) is 44.1 Å². The standard InChI is InChI=1S/C15H16N2O2S2/c1-9-8-12-13(21-9)14(18)17(15(16-12)20-3)10-4-6-11(19-2)7-5-10/h4-7,9H,8H2,1-3H3. The average molecular weight is 320 g/mol. The van der Waals surface area contributed by atoms with Crippen LogP contribution in [0.3, 0.4) is 0 Å². The summed E-state index contributed by atoms with van der Waals surface area (Å²) >= 11 is 3.12. The van der Waals surface area contributed by atoms with Crippen molar-refractivity contribution in [3.8, 4) is 11.4 Å². The molecular formula is C15H16N2O2S2. The molecule has 1 unspecified atom stereocenters. The van der Waals surface area contributed by atoms with Crippen molar-refractivity contribution in [3.05, 3.63) is 40.3 Å². The van der Waals surface area contributed by atoms with E-state index in [-0.39, 0.29) is 5.56 Å². The number of fused-ring (bicyclic) bond motifs is 1. The molecule has 0 fully saturated rings. The zero-order chi connectivity index (χ0) is 15.0. The first-order valence-corrected chi connectivity index (χ1v) is 8.75. The van der Waals surface area contributed by atoms with Gasteiger partial charge in [0.05, 0.1) is 23.4 Å². The van der Waals surface area contributed by atoms with Gasteiger partial charge in [-0.3, -0.25) is 9.36 Å². The molecule has 1 aliphatic rings. The number of hydrogen-bond donors (Lipinski definition) is 0. The number of thioether (sulfide) groups is 2. The largest absolute Gasteiger partial charge is 0.497 e. The van der Waals surface area contributed by atoms with E-state index in [0.29, 0.717) is 5.25 Å². The lowest BCUT2D eigenvalue weighted by Gasteiger charge is -2.12. The van der Waals surface area contributed by atoms with Gasteiger partial charge in [0, 0.05) is 11.7 Å². The Balaban J connectivity index is 2.17. The van der Waals surface area contributed by atoms with Crippen molar-refractivity contribution in [2.75, 3.05) is 13.4 Å². The van der Waals surface area contributed by atoms with Crippen molar-refractivity contribution < 1.29 is 4.74 Å². The Bertz CT molecular complexity index is 726. The number of ether oxygens (including phenoxy) is 1. The third-order valence-electron chi connectivity index (χ3n) is 3.39. The van der Waals surface area contributed by atoms with Crippen LogP contribution in [0.4, 0.5) is 0 Å². The highest BCUT2D eigenvalue weighted by molar-refractivity contribution is 8.00. The SMILES string of the molecule is COc1ccc(-n2c(SC)nc3c(c2=O)SC(C)C3)cc1. The molecule has 0 saturated carbocycles. The summed E-state index contributed by atoms with van der Waals surface area (Å²) in [5.74, 6) is 0.773. The lowest BCUT2D eigenvalue weighted by molar-refractivity contribution is 0.414. The summed E-state index contributed by atoms with van der Waals surface area (Å²) < 4.78 is 6.86. The van der Waals surface area contributed by atoms with E-state index in [1.54, 1.807) is 23.4 Å². The molecule has 2 aromatic rings. The molecule has 6 heteroatoms. The van der Waals surface area contributed by atoms with Crippen LogP contribution in [0.25, 0.3) is 5.69 Å². The van der Waals surface area contributed by atoms with Crippen LogP contribution in [0, 0.1) is 0 Å². The van der Waals surface area contributed by atoms with E-state index in [1.165, 1.54) is 11.8 Å². The Morgan fingerprint density at radius 3 is 2.71 bits per heavy atom. The van der Waals surface area contributed by atoms with Crippen molar-refractivity contribution in [2.45, 2.75) is 28.6 Å². The predicted molar refractivity (Wildman–Crippen MR) is 87.2 cm³/mol. The van der Waals surface area contributed by atoms with Crippen LogP contribution in [0.5, 0.6) is 5.75 Å². The lowest BCUT2D eigenvalue weighted by atomic mass is 10.2. The fourth-order valence-corrected chi connectivity index (χ4v) is 4.07. The number of hydrogen-bond acceptors (Lipinski definition) is 5. The second kappa shape index (κ2) is 5.77. The Kier molecular flexibility index (Phi) is 3.99. The molecule has 3 rings (SSSR count). The highest BCUT2D eigenvalue weighted by Crippen LogP contribution is 2.34. The molecule has 1 aromatic carbocycles. The monoisotopic (exact) mass is 320 g/mol. The van der Waals surface area contributed by atoms with Crippen LogP contribution in [0.15, 0.2) is 39.1 Å². The summed E-state index contributed by atoms with van der Waals surface area (Å²) in [6.07, 6.45) is 2.81. The number of nitrogens with zero attached hydrogens (tertiary/aromatic N) is 2. The molecule has 0 N–H and O–H groups in total. The smallest absolute Gasteiger partial charge is 0.272 e. The molecular weight excluding hydrogens is 304 g/mol. The Morgan fingerprint density at radius 2 is 2.10 bits per heavy atom. The van der Waals surface area contributed by atoms with E-state index < -0.39 is 0 Å². The minimum Gasteiger partial charge on any atom is -0.497 e. The highest BCUT2D eigenvalue weighted by atomic mass is 32.2. The van der Waals surface area contributed by atoms with Gasteiger partial charge in [-0.2, -0.15) is 0 Å². The van der Waals surface area contributed by atoms with E-state index in [4.69, 9.17) is 4.74 Å². The molecule has 0 radical (unpaired) electrons. The van der Waals surface area contributed by atoms with E-state index in [9.17, 15) is 4.79 Å². The predicted octanol–water partition coefficient (Wildman–Crippen LogP) is 3.00. The molecule has 0 saturated heterocycles. The summed E-state index contributed by atoms with van der Waals surface area (Å²) in [7, 11) is 1.63. The van der Waals surface area contributed by atoms with Gasteiger partial charge in [0.1, 0.15) is 5.75 Å². The highest BCUT2D eigenvalue weighted by Gasteiger charge is 2.26. The van der Waals surface area contributed by atoms with Crippen molar-refractivity contribution in [1.29, 1.82) is 0 Å². The van der Waals surface area contributed by atoms with Crippen LogP contribution in [0.1, 0.15) is 12.6 Å². The zero-order valence-electron chi connectivity index (χ0n) is 12.1. The molecule has 0 aliphatic carbocycles. The molecule has 0 spiro atoms. The maximum Gasteiger partial charge on any atom is 0.272 e. The second-order valence-corrected chi connectivity index (χ2v) is 7.07. The van der Waals surface area contributed by atoms with Crippen molar-refractivity contribution in [1.82, 2.24) is 9.55 Å². The molecule has 1 aromatic heterocycles. The number of methoxy groups -OCH3 is 1. The van der Waals surface area contributed by atoms with Crippen LogP contribution in [0.2, 0.25) is 0 Å². The van der Waals surface area contributed by atoms with Crippen LogP contribution in [-0.4, -0.2) is 28.2 Å². The molecule has 0 amide bonds. The van der Waals surface area contributed by atoms with Crippen LogP contribution in [-0.2, 0) is 6.42 Å². The maximum absolute atomic E-state index is 12.8. The first-order chi connectivity index (χ1) is 10.1. The third-order valence-corrected chi connectivity index (χ3v) is 5.25. The van der Waals surface area contributed by atoms with Gasteiger partial charge in [-0.1, -0.05) is 18.7 Å². The summed E-state index contributed by atoms with van der Waals surface area (Å²) in [4.78, 5) is 18.3. The molecule has 110 valence electrons. The summed E-state index contributed by atoms with van der Waals surface area (Å²) in [6.45, 7) is 2.13. The quantitative estimate of drug-likeness (QED) is 0.642. The van der Waals surface area contributed by atoms with Gasteiger partial charge in [0.25, 0.3) is 5.56 Å². The first-order valence-electron chi connectivity index (χ1n) is 6.65. The molecule has 1 aliphatic heterocycles. The van der Waals surface area contributed by atoms with Crippen LogP contribution >= 0.6 is 23.5 Å². The van der Waals surface area contributed by atoms with E-state index in [2.05, 4.69) is 11.9 Å². The Hall–Kier alpha value is -1.40. The minimum absolute atomic E-state index is 0.0314. The molecule has 4 nitrogen and oxygen atoms in total. The first kappa shape index (κ1) is 14.5. The molecule has 21 heavy (non-hydrogen) atoms. The van der Waals surface area contributed by atoms with Gasteiger partial charge in [-0.25, -0.2) is 4.98 Å².